The van der Waals surface area contributed by atoms with Crippen LogP contribution in [0.4, 0.5) is 5.69 Å². The Morgan fingerprint density at radius 3 is 2.30 bits per heavy atom. The predicted molar refractivity (Wildman–Crippen MR) is 122 cm³/mol. The van der Waals surface area contributed by atoms with Gasteiger partial charge in [0.05, 0.1) is 31.7 Å². The van der Waals surface area contributed by atoms with Crippen molar-refractivity contribution in [3.05, 3.63) is 83.9 Å². The molecule has 0 radical (unpaired) electrons. The van der Waals surface area contributed by atoms with Crippen molar-refractivity contribution in [2.75, 3.05) is 19.5 Å². The van der Waals surface area contributed by atoms with Crippen molar-refractivity contribution in [3.63, 3.8) is 0 Å². The molecule has 168 valence electrons. The minimum absolute atomic E-state index is 0.224. The van der Waals surface area contributed by atoms with Crippen molar-refractivity contribution in [2.45, 2.75) is 0 Å². The van der Waals surface area contributed by atoms with Crippen molar-refractivity contribution in [3.8, 4) is 17.2 Å². The summed E-state index contributed by atoms with van der Waals surface area (Å²) in [5.41, 5.74) is 3.21. The van der Waals surface area contributed by atoms with Crippen molar-refractivity contribution < 1.29 is 28.6 Å². The van der Waals surface area contributed by atoms with E-state index in [-0.39, 0.29) is 5.75 Å². The lowest BCUT2D eigenvalue weighted by molar-refractivity contribution is -0.136. The second-order valence-corrected chi connectivity index (χ2v) is 6.51. The summed E-state index contributed by atoms with van der Waals surface area (Å²) in [6.07, 6.45) is 1.27. The highest BCUT2D eigenvalue weighted by Gasteiger charge is 2.15. The van der Waals surface area contributed by atoms with E-state index in [0.29, 0.717) is 28.3 Å². The van der Waals surface area contributed by atoms with Crippen molar-refractivity contribution in [2.24, 2.45) is 5.10 Å². The van der Waals surface area contributed by atoms with Gasteiger partial charge in [0.25, 0.3) is 0 Å². The van der Waals surface area contributed by atoms with Crippen LogP contribution >= 0.6 is 0 Å². The summed E-state index contributed by atoms with van der Waals surface area (Å²) in [6, 6.07) is 19.8. The van der Waals surface area contributed by atoms with E-state index < -0.39 is 17.8 Å². The molecule has 0 atom stereocenters. The van der Waals surface area contributed by atoms with Crippen LogP contribution in [0.2, 0.25) is 0 Å². The smallest absolute Gasteiger partial charge is 0.343 e. The Balaban J connectivity index is 1.64. The second kappa shape index (κ2) is 11.1. The molecule has 0 unspecified atom stereocenters. The number of carbonyl (C=O) groups is 3. The molecule has 33 heavy (non-hydrogen) atoms. The Bertz CT molecular complexity index is 1190. The Hall–Kier alpha value is -4.66. The van der Waals surface area contributed by atoms with Crippen LogP contribution in [0.1, 0.15) is 15.9 Å². The monoisotopic (exact) mass is 447 g/mol. The van der Waals surface area contributed by atoms with Crippen LogP contribution in [-0.2, 0) is 9.59 Å². The van der Waals surface area contributed by atoms with Gasteiger partial charge in [-0.3, -0.25) is 9.59 Å². The third kappa shape index (κ3) is 6.17. The molecule has 0 aliphatic carbocycles. The van der Waals surface area contributed by atoms with Crippen LogP contribution in [-0.4, -0.2) is 38.2 Å². The molecule has 3 rings (SSSR count). The predicted octanol–water partition coefficient (Wildman–Crippen LogP) is 3.01. The highest BCUT2D eigenvalue weighted by atomic mass is 16.5. The van der Waals surface area contributed by atoms with Crippen LogP contribution in [0.5, 0.6) is 17.2 Å². The minimum atomic E-state index is -0.983. The molecule has 3 aromatic rings. The normalized spacial score (nSPS) is 10.4. The zero-order valence-electron chi connectivity index (χ0n) is 17.9. The standard InChI is InChI=1S/C24H21N3O6/c1-31-18-10-7-9-16(14-18)24(30)33-20-12-5-3-8-17(20)15-25-27-23(29)22(28)26-19-11-4-6-13-21(19)32-2/h3-15H,1-2H3,(H,26,28)(H,27,29)/b25-15+. The largest absolute Gasteiger partial charge is 0.497 e. The molecular weight excluding hydrogens is 426 g/mol. The molecule has 2 N–H and O–H groups in total. The van der Waals surface area contributed by atoms with Crippen LogP contribution in [0.3, 0.4) is 0 Å². The van der Waals surface area contributed by atoms with Gasteiger partial charge in [-0.25, -0.2) is 10.2 Å². The Kier molecular flexibility index (Phi) is 7.74. The Morgan fingerprint density at radius 1 is 0.818 bits per heavy atom. The van der Waals surface area contributed by atoms with E-state index in [4.69, 9.17) is 14.2 Å². The van der Waals surface area contributed by atoms with Gasteiger partial charge < -0.3 is 19.5 Å². The van der Waals surface area contributed by atoms with Gasteiger partial charge in [-0.1, -0.05) is 30.3 Å². The molecule has 0 heterocycles. The molecule has 0 spiro atoms. The summed E-state index contributed by atoms with van der Waals surface area (Å²) in [5, 5.41) is 6.23. The van der Waals surface area contributed by atoms with Gasteiger partial charge in [-0.2, -0.15) is 5.10 Å². The van der Waals surface area contributed by atoms with Crippen LogP contribution < -0.4 is 25.0 Å². The van der Waals surface area contributed by atoms with E-state index in [1.54, 1.807) is 72.8 Å². The summed E-state index contributed by atoms with van der Waals surface area (Å²) < 4.78 is 15.7. The number of esters is 1. The molecule has 0 fully saturated rings. The van der Waals surface area contributed by atoms with Gasteiger partial charge in [0.15, 0.2) is 0 Å². The molecule has 0 aromatic heterocycles. The lowest BCUT2D eigenvalue weighted by atomic mass is 10.2. The first kappa shape index (κ1) is 23.0. The Morgan fingerprint density at radius 2 is 1.55 bits per heavy atom. The first-order valence-electron chi connectivity index (χ1n) is 9.74. The van der Waals surface area contributed by atoms with Crippen LogP contribution in [0, 0.1) is 0 Å². The number of nitrogens with zero attached hydrogens (tertiary/aromatic N) is 1. The quantitative estimate of drug-likeness (QED) is 0.189. The summed E-state index contributed by atoms with van der Waals surface area (Å²) in [7, 11) is 2.95. The first-order valence-corrected chi connectivity index (χ1v) is 9.74. The van der Waals surface area contributed by atoms with Gasteiger partial charge in [0.2, 0.25) is 0 Å². The number of methoxy groups -OCH3 is 2. The third-order valence-corrected chi connectivity index (χ3v) is 4.36. The van der Waals surface area contributed by atoms with Crippen molar-refractivity contribution in [1.82, 2.24) is 5.43 Å². The number of hydrazone groups is 1. The van der Waals surface area contributed by atoms with E-state index in [9.17, 15) is 14.4 Å². The molecule has 2 amide bonds. The number of ether oxygens (including phenoxy) is 3. The molecular formula is C24H21N3O6. The highest BCUT2D eigenvalue weighted by molar-refractivity contribution is 6.39. The number of benzene rings is 3. The molecule has 0 aliphatic heterocycles. The van der Waals surface area contributed by atoms with Crippen LogP contribution in [0.15, 0.2) is 77.9 Å². The lowest BCUT2D eigenvalue weighted by Gasteiger charge is -2.09. The maximum Gasteiger partial charge on any atom is 0.343 e. The average molecular weight is 447 g/mol. The number of anilines is 1. The molecule has 0 bridgehead atoms. The van der Waals surface area contributed by atoms with Crippen LogP contribution in [0.25, 0.3) is 0 Å². The third-order valence-electron chi connectivity index (χ3n) is 4.36. The topological polar surface area (TPSA) is 115 Å². The van der Waals surface area contributed by atoms with E-state index in [1.165, 1.54) is 20.4 Å². The number of rotatable bonds is 7. The SMILES string of the molecule is COc1cccc(C(=O)Oc2ccccc2/C=N/NC(=O)C(=O)Nc2ccccc2OC)c1. The fourth-order valence-electron chi connectivity index (χ4n) is 2.73. The first-order chi connectivity index (χ1) is 16.0. The zero-order valence-corrected chi connectivity index (χ0v) is 17.9. The number of amides is 2. The molecule has 9 nitrogen and oxygen atoms in total. The molecule has 0 saturated heterocycles. The number of hydrogen-bond acceptors (Lipinski definition) is 7. The van der Waals surface area contributed by atoms with Gasteiger partial charge in [-0.15, -0.1) is 0 Å². The fraction of sp³-hybridized carbons (Fsp3) is 0.0833. The second-order valence-electron chi connectivity index (χ2n) is 6.51. The summed E-state index contributed by atoms with van der Waals surface area (Å²) in [5.74, 6) is -1.34. The average Bonchev–Trinajstić information content (AvgIpc) is 2.85. The summed E-state index contributed by atoms with van der Waals surface area (Å²) in [4.78, 5) is 36.7. The lowest BCUT2D eigenvalue weighted by Crippen LogP contribution is -2.32. The number of para-hydroxylation sites is 3. The fourth-order valence-corrected chi connectivity index (χ4v) is 2.73. The van der Waals surface area contributed by atoms with Gasteiger partial charge >= 0.3 is 17.8 Å². The zero-order chi connectivity index (χ0) is 23.6. The summed E-state index contributed by atoms with van der Waals surface area (Å²) in [6.45, 7) is 0. The van der Waals surface area contributed by atoms with Gasteiger partial charge in [0.1, 0.15) is 17.2 Å². The van der Waals surface area contributed by atoms with E-state index in [0.717, 1.165) is 0 Å². The molecule has 0 saturated carbocycles. The molecule has 9 heteroatoms. The van der Waals surface area contributed by atoms with Crippen molar-refractivity contribution >= 4 is 29.7 Å². The number of carbonyl (C=O) groups excluding carboxylic acids is 3. The van der Waals surface area contributed by atoms with E-state index in [2.05, 4.69) is 15.8 Å². The molecule has 3 aromatic carbocycles. The number of hydrogen-bond donors (Lipinski definition) is 2. The van der Waals surface area contributed by atoms with Gasteiger partial charge in [-0.05, 0) is 42.5 Å². The highest BCUT2D eigenvalue weighted by Crippen LogP contribution is 2.23. The molecule has 0 aliphatic rings. The number of nitrogens with one attached hydrogen (secondary N) is 2. The van der Waals surface area contributed by atoms with Gasteiger partial charge in [0, 0.05) is 5.56 Å². The van der Waals surface area contributed by atoms with E-state index >= 15 is 0 Å². The van der Waals surface area contributed by atoms with Crippen molar-refractivity contribution in [1.29, 1.82) is 0 Å². The Labute approximate surface area is 190 Å². The maximum atomic E-state index is 12.5. The minimum Gasteiger partial charge on any atom is -0.497 e. The maximum absolute atomic E-state index is 12.5. The summed E-state index contributed by atoms with van der Waals surface area (Å²) >= 11 is 0. The van der Waals surface area contributed by atoms with E-state index in [1.807, 2.05) is 0 Å².